The Hall–Kier alpha value is -1.85. The summed E-state index contributed by atoms with van der Waals surface area (Å²) in [5.41, 5.74) is 1.05. The van der Waals surface area contributed by atoms with Gasteiger partial charge in [-0.2, -0.15) is 4.98 Å². The zero-order chi connectivity index (χ0) is 14.5. The molecule has 0 radical (unpaired) electrons. The topological polar surface area (TPSA) is 70.2 Å². The molecular formula is C14H23N5O. The Labute approximate surface area is 120 Å². The van der Waals surface area contributed by atoms with E-state index in [-0.39, 0.29) is 11.8 Å². The molecule has 1 aromatic heterocycles. The summed E-state index contributed by atoms with van der Waals surface area (Å²) in [6, 6.07) is 0. The van der Waals surface area contributed by atoms with E-state index in [2.05, 4.69) is 25.5 Å². The van der Waals surface area contributed by atoms with Gasteiger partial charge >= 0.3 is 0 Å². The number of rotatable bonds is 4. The highest BCUT2D eigenvalue weighted by Crippen LogP contribution is 2.25. The number of amides is 1. The first-order valence-corrected chi connectivity index (χ1v) is 7.19. The monoisotopic (exact) mass is 277 g/mol. The molecule has 1 aliphatic rings. The van der Waals surface area contributed by atoms with E-state index >= 15 is 0 Å². The number of nitrogens with one attached hydrogen (secondary N) is 2. The number of aromatic nitrogens is 2. The summed E-state index contributed by atoms with van der Waals surface area (Å²) in [4.78, 5) is 22.9. The predicted molar refractivity (Wildman–Crippen MR) is 79.9 cm³/mol. The van der Waals surface area contributed by atoms with Crippen molar-refractivity contribution in [1.82, 2.24) is 15.3 Å². The smallest absolute Gasteiger partial charge is 0.224 e. The van der Waals surface area contributed by atoms with Gasteiger partial charge in [-0.15, -0.1) is 0 Å². The maximum atomic E-state index is 11.8. The molecule has 20 heavy (non-hydrogen) atoms. The molecule has 1 aromatic rings. The van der Waals surface area contributed by atoms with E-state index in [1.165, 1.54) is 0 Å². The molecule has 1 fully saturated rings. The van der Waals surface area contributed by atoms with Crippen molar-refractivity contribution in [3.8, 4) is 0 Å². The highest BCUT2D eigenvalue weighted by atomic mass is 16.1. The molecule has 0 bridgehead atoms. The van der Waals surface area contributed by atoms with Gasteiger partial charge in [0.05, 0.1) is 5.92 Å². The zero-order valence-electron chi connectivity index (χ0n) is 12.4. The predicted octanol–water partition coefficient (Wildman–Crippen LogP) is 1.18. The largest absolute Gasteiger partial charge is 0.359 e. The molecule has 2 N–H and O–H groups in total. The Bertz CT molecular complexity index is 477. The SMILES string of the molecule is CCNc1ncc(C)c(N2CCCC(C(=O)NC)C2)n1. The Kier molecular flexibility index (Phi) is 4.76. The molecule has 1 atom stereocenters. The number of hydrogen-bond donors (Lipinski definition) is 2. The molecule has 2 rings (SSSR count). The number of anilines is 2. The molecule has 0 saturated carbocycles. The Balaban J connectivity index is 2.17. The van der Waals surface area contributed by atoms with E-state index in [4.69, 9.17) is 0 Å². The minimum atomic E-state index is 0.0469. The van der Waals surface area contributed by atoms with Crippen LogP contribution < -0.4 is 15.5 Å². The van der Waals surface area contributed by atoms with Crippen molar-refractivity contribution >= 4 is 17.7 Å². The third-order valence-electron chi connectivity index (χ3n) is 3.62. The third-order valence-corrected chi connectivity index (χ3v) is 3.62. The maximum Gasteiger partial charge on any atom is 0.224 e. The molecule has 1 aliphatic heterocycles. The van der Waals surface area contributed by atoms with Crippen molar-refractivity contribution in [3.05, 3.63) is 11.8 Å². The molecule has 1 unspecified atom stereocenters. The van der Waals surface area contributed by atoms with Crippen LogP contribution in [0.2, 0.25) is 0 Å². The van der Waals surface area contributed by atoms with Gasteiger partial charge in [0.2, 0.25) is 11.9 Å². The third kappa shape index (κ3) is 3.18. The van der Waals surface area contributed by atoms with Gasteiger partial charge < -0.3 is 15.5 Å². The van der Waals surface area contributed by atoms with E-state index in [0.717, 1.165) is 43.9 Å². The average Bonchev–Trinajstić information content (AvgIpc) is 2.49. The van der Waals surface area contributed by atoms with Crippen molar-refractivity contribution in [2.45, 2.75) is 26.7 Å². The van der Waals surface area contributed by atoms with E-state index in [1.807, 2.05) is 20.0 Å². The first kappa shape index (κ1) is 14.6. The fourth-order valence-electron chi connectivity index (χ4n) is 2.58. The Morgan fingerprint density at radius 2 is 2.35 bits per heavy atom. The molecule has 110 valence electrons. The first-order valence-electron chi connectivity index (χ1n) is 7.19. The Morgan fingerprint density at radius 1 is 1.55 bits per heavy atom. The second kappa shape index (κ2) is 6.54. The molecular weight excluding hydrogens is 254 g/mol. The van der Waals surface area contributed by atoms with Gasteiger partial charge in [-0.3, -0.25) is 4.79 Å². The lowest BCUT2D eigenvalue weighted by molar-refractivity contribution is -0.124. The Morgan fingerprint density at radius 3 is 3.05 bits per heavy atom. The van der Waals surface area contributed by atoms with Crippen LogP contribution in [0.15, 0.2) is 6.20 Å². The lowest BCUT2D eigenvalue weighted by atomic mass is 9.97. The van der Waals surface area contributed by atoms with Gasteiger partial charge in [-0.25, -0.2) is 4.98 Å². The van der Waals surface area contributed by atoms with Crippen LogP contribution in [0.3, 0.4) is 0 Å². The van der Waals surface area contributed by atoms with E-state index in [9.17, 15) is 4.79 Å². The van der Waals surface area contributed by atoms with Crippen molar-refractivity contribution in [1.29, 1.82) is 0 Å². The highest BCUT2D eigenvalue weighted by Gasteiger charge is 2.26. The zero-order valence-corrected chi connectivity index (χ0v) is 12.4. The highest BCUT2D eigenvalue weighted by molar-refractivity contribution is 5.79. The maximum absolute atomic E-state index is 11.8. The van der Waals surface area contributed by atoms with Crippen molar-refractivity contribution in [3.63, 3.8) is 0 Å². The first-order chi connectivity index (χ1) is 9.65. The second-order valence-corrected chi connectivity index (χ2v) is 5.13. The van der Waals surface area contributed by atoms with Crippen molar-refractivity contribution in [2.24, 2.45) is 5.92 Å². The standard InChI is InChI=1S/C14H23N5O/c1-4-16-14-17-8-10(2)12(18-14)19-7-5-6-11(9-19)13(20)15-3/h8,11H,4-7,9H2,1-3H3,(H,15,20)(H,16,17,18). The fraction of sp³-hybridized carbons (Fsp3) is 0.643. The van der Waals surface area contributed by atoms with Crippen LogP contribution in [0, 0.1) is 12.8 Å². The van der Waals surface area contributed by atoms with E-state index < -0.39 is 0 Å². The molecule has 1 amide bonds. The minimum absolute atomic E-state index is 0.0469. The number of nitrogens with zero attached hydrogens (tertiary/aromatic N) is 3. The van der Waals surface area contributed by atoms with Gasteiger partial charge in [-0.1, -0.05) is 0 Å². The van der Waals surface area contributed by atoms with Crippen LogP contribution >= 0.6 is 0 Å². The quantitative estimate of drug-likeness (QED) is 0.865. The van der Waals surface area contributed by atoms with Gasteiger partial charge in [0, 0.05) is 38.4 Å². The summed E-state index contributed by atoms with van der Waals surface area (Å²) in [7, 11) is 1.69. The summed E-state index contributed by atoms with van der Waals surface area (Å²) in [6.45, 7) is 6.49. The summed E-state index contributed by atoms with van der Waals surface area (Å²) in [5, 5.41) is 5.87. The molecule has 2 heterocycles. The van der Waals surface area contributed by atoms with Gasteiger partial charge in [0.15, 0.2) is 0 Å². The van der Waals surface area contributed by atoms with Crippen LogP contribution in [-0.2, 0) is 4.79 Å². The molecule has 0 aliphatic carbocycles. The lowest BCUT2D eigenvalue weighted by Gasteiger charge is -2.33. The van der Waals surface area contributed by atoms with Crippen LogP contribution in [0.25, 0.3) is 0 Å². The second-order valence-electron chi connectivity index (χ2n) is 5.13. The molecule has 0 spiro atoms. The van der Waals surface area contributed by atoms with Gasteiger partial charge in [0.25, 0.3) is 0 Å². The van der Waals surface area contributed by atoms with Crippen LogP contribution in [0.1, 0.15) is 25.3 Å². The number of piperidine rings is 1. The van der Waals surface area contributed by atoms with E-state index in [0.29, 0.717) is 5.95 Å². The summed E-state index contributed by atoms with van der Waals surface area (Å²) >= 11 is 0. The molecule has 6 heteroatoms. The van der Waals surface area contributed by atoms with Crippen LogP contribution in [-0.4, -0.2) is 42.6 Å². The van der Waals surface area contributed by atoms with Gasteiger partial charge in [-0.05, 0) is 26.7 Å². The van der Waals surface area contributed by atoms with Crippen LogP contribution in [0.5, 0.6) is 0 Å². The minimum Gasteiger partial charge on any atom is -0.359 e. The molecule has 1 saturated heterocycles. The number of carbonyl (C=O) groups is 1. The molecule has 0 aromatic carbocycles. The van der Waals surface area contributed by atoms with Crippen molar-refractivity contribution < 1.29 is 4.79 Å². The lowest BCUT2D eigenvalue weighted by Crippen LogP contribution is -2.42. The van der Waals surface area contributed by atoms with Crippen molar-refractivity contribution in [2.75, 3.05) is 36.9 Å². The normalized spacial score (nSPS) is 18.8. The number of carbonyl (C=O) groups excluding carboxylic acids is 1. The fourth-order valence-corrected chi connectivity index (χ4v) is 2.58. The van der Waals surface area contributed by atoms with Gasteiger partial charge in [0.1, 0.15) is 5.82 Å². The molecule has 6 nitrogen and oxygen atoms in total. The van der Waals surface area contributed by atoms with E-state index in [1.54, 1.807) is 7.05 Å². The van der Waals surface area contributed by atoms with Crippen LogP contribution in [0.4, 0.5) is 11.8 Å². The average molecular weight is 277 g/mol. The number of aryl methyl sites for hydroxylation is 1. The summed E-state index contributed by atoms with van der Waals surface area (Å²) < 4.78 is 0. The number of hydrogen-bond acceptors (Lipinski definition) is 5. The summed E-state index contributed by atoms with van der Waals surface area (Å²) in [6.07, 6.45) is 3.79. The summed E-state index contributed by atoms with van der Waals surface area (Å²) in [5.74, 6) is 1.75.